The van der Waals surface area contributed by atoms with Gasteiger partial charge < -0.3 is 0 Å². The minimum Gasteiger partial charge on any atom is -0.247 e. The fraction of sp³-hybridized carbons (Fsp3) is 0.900. The van der Waals surface area contributed by atoms with Gasteiger partial charge in [0.15, 0.2) is 0 Å². The van der Waals surface area contributed by atoms with Crippen molar-refractivity contribution in [3.8, 4) is 0 Å². The van der Waals surface area contributed by atoms with Gasteiger partial charge in [-0.3, -0.25) is 0 Å². The maximum Gasteiger partial charge on any atom is 0.257 e. The molecule has 0 aliphatic heterocycles. The smallest absolute Gasteiger partial charge is 0.247 e. The second-order valence-corrected chi connectivity index (χ2v) is 10.4. The second-order valence-electron chi connectivity index (χ2n) is 10.4. The summed E-state index contributed by atoms with van der Waals surface area (Å²) in [7, 11) is 0. The molecule has 0 saturated heterocycles. The van der Waals surface area contributed by atoms with E-state index < -0.39 is 0 Å². The Labute approximate surface area is 202 Å². The molecule has 1 heterocycles. The van der Waals surface area contributed by atoms with Crippen LogP contribution in [-0.2, 0) is 0 Å². The lowest BCUT2D eigenvalue weighted by Gasteiger charge is -2.16. The third-order valence-corrected chi connectivity index (χ3v) is 7.48. The Morgan fingerprint density at radius 3 is 1.53 bits per heavy atom. The summed E-state index contributed by atoms with van der Waals surface area (Å²) in [5.74, 6) is 2.18. The number of unbranched alkanes of at least 4 members (excludes halogenated alkanes) is 16. The van der Waals surface area contributed by atoms with Crippen molar-refractivity contribution in [2.75, 3.05) is 0 Å². The molecule has 0 saturated carbocycles. The molecule has 2 atom stereocenters. The first-order chi connectivity index (χ1) is 15.7. The molecule has 0 spiro atoms. The van der Waals surface area contributed by atoms with Crippen LogP contribution in [0.25, 0.3) is 0 Å². The number of rotatable bonds is 23. The lowest BCUT2D eigenvalue weighted by molar-refractivity contribution is -0.727. The van der Waals surface area contributed by atoms with E-state index in [0.29, 0.717) is 12.0 Å². The molecule has 188 valence electrons. The summed E-state index contributed by atoms with van der Waals surface area (Å²) in [4.78, 5) is 3.62. The van der Waals surface area contributed by atoms with Crippen LogP contribution in [0.3, 0.4) is 0 Å². The number of hydrogen-bond donors (Lipinski definition) is 1. The molecule has 1 aromatic rings. The van der Waals surface area contributed by atoms with E-state index in [0.717, 1.165) is 0 Å². The number of aromatic nitrogens is 2. The van der Waals surface area contributed by atoms with Crippen molar-refractivity contribution in [1.82, 2.24) is 4.98 Å². The highest BCUT2D eigenvalue weighted by atomic mass is 15.1. The first-order valence-corrected chi connectivity index (χ1v) is 14.8. The van der Waals surface area contributed by atoms with Crippen LogP contribution in [0, 0.1) is 0 Å². The van der Waals surface area contributed by atoms with Crippen molar-refractivity contribution in [2.45, 2.75) is 174 Å². The fourth-order valence-corrected chi connectivity index (χ4v) is 5.20. The van der Waals surface area contributed by atoms with Crippen LogP contribution in [0.5, 0.6) is 0 Å². The summed E-state index contributed by atoms with van der Waals surface area (Å²) in [5.41, 5.74) is 0. The first-order valence-electron chi connectivity index (χ1n) is 14.8. The SMILES string of the molecule is CCCCCCCCCCCC(CC)c1[nH]cc[n+]1C(C)CCCCCCCCCCC. The van der Waals surface area contributed by atoms with E-state index in [2.05, 4.69) is 49.6 Å². The molecule has 0 aliphatic rings. The number of aromatic amines is 1. The van der Waals surface area contributed by atoms with Crippen molar-refractivity contribution in [1.29, 1.82) is 0 Å². The summed E-state index contributed by atoms with van der Waals surface area (Å²) in [5, 5.41) is 0. The van der Waals surface area contributed by atoms with Gasteiger partial charge in [0.2, 0.25) is 0 Å². The molecule has 0 radical (unpaired) electrons. The minimum atomic E-state index is 0.623. The molecule has 0 aliphatic carbocycles. The number of imidazole rings is 1. The molecule has 2 unspecified atom stereocenters. The molecule has 1 aromatic heterocycles. The third-order valence-electron chi connectivity index (χ3n) is 7.48. The van der Waals surface area contributed by atoms with Gasteiger partial charge in [0.1, 0.15) is 12.4 Å². The van der Waals surface area contributed by atoms with Crippen molar-refractivity contribution in [2.24, 2.45) is 0 Å². The maximum absolute atomic E-state index is 3.62. The number of nitrogens with one attached hydrogen (secondary N) is 1. The van der Waals surface area contributed by atoms with Crippen LogP contribution in [0.2, 0.25) is 0 Å². The number of H-pyrrole nitrogens is 1. The zero-order valence-electron chi connectivity index (χ0n) is 22.6. The zero-order valence-corrected chi connectivity index (χ0v) is 22.6. The first kappa shape index (κ1) is 29.2. The van der Waals surface area contributed by atoms with Gasteiger partial charge in [0.05, 0.1) is 12.0 Å². The van der Waals surface area contributed by atoms with Crippen LogP contribution >= 0.6 is 0 Å². The highest BCUT2D eigenvalue weighted by molar-refractivity contribution is 4.89. The standard InChI is InChI=1S/C30H58N2/c1-5-8-10-12-14-16-18-20-22-24-28(4)32-27-26-31-30(32)29(7-3)25-23-21-19-17-15-13-11-9-6-2/h26-29H,5-25H2,1-4H3/p+1. The van der Waals surface area contributed by atoms with Gasteiger partial charge in [0, 0.05) is 0 Å². The van der Waals surface area contributed by atoms with Crippen molar-refractivity contribution in [3.05, 3.63) is 18.2 Å². The average molecular weight is 448 g/mol. The van der Waals surface area contributed by atoms with Gasteiger partial charge in [-0.25, -0.2) is 9.55 Å². The summed E-state index contributed by atoms with van der Waals surface area (Å²) >= 11 is 0. The van der Waals surface area contributed by atoms with Crippen LogP contribution < -0.4 is 4.57 Å². The van der Waals surface area contributed by atoms with Gasteiger partial charge in [-0.2, -0.15) is 0 Å². The Kier molecular flexibility index (Phi) is 19.0. The predicted molar refractivity (Wildman–Crippen MR) is 142 cm³/mol. The van der Waals surface area contributed by atoms with E-state index >= 15 is 0 Å². The molecule has 0 bridgehead atoms. The maximum atomic E-state index is 3.62. The molecule has 2 heteroatoms. The minimum absolute atomic E-state index is 0.623. The Morgan fingerprint density at radius 2 is 1.06 bits per heavy atom. The molecule has 1 N–H and O–H groups in total. The quantitative estimate of drug-likeness (QED) is 0.127. The highest BCUT2D eigenvalue weighted by Crippen LogP contribution is 2.24. The molecule has 0 fully saturated rings. The van der Waals surface area contributed by atoms with Gasteiger partial charge in [0.25, 0.3) is 5.82 Å². The van der Waals surface area contributed by atoms with Gasteiger partial charge in [-0.15, -0.1) is 0 Å². The predicted octanol–water partition coefficient (Wildman–Crippen LogP) is 10.2. The molecular weight excluding hydrogens is 388 g/mol. The van der Waals surface area contributed by atoms with E-state index in [-0.39, 0.29) is 0 Å². The van der Waals surface area contributed by atoms with E-state index in [4.69, 9.17) is 0 Å². The number of hydrogen-bond acceptors (Lipinski definition) is 0. The molecule has 1 rings (SSSR count). The Balaban J connectivity index is 2.21. The van der Waals surface area contributed by atoms with Gasteiger partial charge >= 0.3 is 0 Å². The van der Waals surface area contributed by atoms with E-state index in [1.54, 1.807) is 0 Å². The van der Waals surface area contributed by atoms with Crippen LogP contribution in [-0.4, -0.2) is 4.98 Å². The molecule has 0 amide bonds. The lowest BCUT2D eigenvalue weighted by atomic mass is 9.96. The average Bonchev–Trinajstić information content (AvgIpc) is 3.29. The van der Waals surface area contributed by atoms with E-state index in [1.807, 2.05) is 0 Å². The highest BCUT2D eigenvalue weighted by Gasteiger charge is 2.24. The Bertz CT molecular complexity index is 507. The normalized spacial score (nSPS) is 13.5. The lowest BCUT2D eigenvalue weighted by Crippen LogP contribution is -2.41. The topological polar surface area (TPSA) is 19.7 Å². The second kappa shape index (κ2) is 20.8. The third kappa shape index (κ3) is 13.7. The van der Waals surface area contributed by atoms with Crippen molar-refractivity contribution < 1.29 is 4.57 Å². The largest absolute Gasteiger partial charge is 0.257 e. The summed E-state index contributed by atoms with van der Waals surface area (Å²) in [6.07, 6.45) is 34.0. The van der Waals surface area contributed by atoms with Gasteiger partial charge in [-0.05, 0) is 32.6 Å². The Hall–Kier alpha value is -0.790. The van der Waals surface area contributed by atoms with Crippen molar-refractivity contribution >= 4 is 0 Å². The molecule has 2 nitrogen and oxygen atoms in total. The Morgan fingerprint density at radius 1 is 0.625 bits per heavy atom. The van der Waals surface area contributed by atoms with Gasteiger partial charge in [-0.1, -0.05) is 130 Å². The molecule has 32 heavy (non-hydrogen) atoms. The van der Waals surface area contributed by atoms with Crippen LogP contribution in [0.4, 0.5) is 0 Å². The fourth-order valence-electron chi connectivity index (χ4n) is 5.20. The van der Waals surface area contributed by atoms with Crippen LogP contribution in [0.15, 0.2) is 12.4 Å². The van der Waals surface area contributed by atoms with E-state index in [9.17, 15) is 0 Å². The summed E-state index contributed by atoms with van der Waals surface area (Å²) in [6.45, 7) is 9.40. The van der Waals surface area contributed by atoms with E-state index in [1.165, 1.54) is 141 Å². The van der Waals surface area contributed by atoms with Crippen molar-refractivity contribution in [3.63, 3.8) is 0 Å². The summed E-state index contributed by atoms with van der Waals surface area (Å²) < 4.78 is 2.56. The zero-order chi connectivity index (χ0) is 23.3. The monoisotopic (exact) mass is 447 g/mol. The molecular formula is C30H59N2+. The number of nitrogens with zero attached hydrogens (tertiary/aromatic N) is 1. The molecule has 0 aromatic carbocycles. The van der Waals surface area contributed by atoms with Crippen LogP contribution in [0.1, 0.15) is 180 Å². The summed E-state index contributed by atoms with van der Waals surface area (Å²) in [6, 6.07) is 0.623.